The Bertz CT molecular complexity index is 1040. The third kappa shape index (κ3) is 3.96. The van der Waals surface area contributed by atoms with E-state index in [-0.39, 0.29) is 37.7 Å². The van der Waals surface area contributed by atoms with Crippen molar-refractivity contribution in [3.8, 4) is 11.1 Å². The molecule has 0 bridgehead atoms. The van der Waals surface area contributed by atoms with Crippen LogP contribution in [0.3, 0.4) is 0 Å². The summed E-state index contributed by atoms with van der Waals surface area (Å²) in [6.45, 7) is -0.128. The monoisotopic (exact) mass is 376 g/mol. The van der Waals surface area contributed by atoms with E-state index in [1.54, 1.807) is 36.4 Å². The van der Waals surface area contributed by atoms with Crippen molar-refractivity contribution in [2.45, 2.75) is 0 Å². The molecule has 0 radical (unpaired) electrons. The molecule has 3 rings (SSSR count). The molecular formula is C22H16O6. The average Bonchev–Trinajstić information content (AvgIpc) is 2.75. The fourth-order valence-electron chi connectivity index (χ4n) is 3.02. The molecule has 6 nitrogen and oxygen atoms in total. The number of hydrogen-bond donors (Lipinski definition) is 0. The molecule has 3 aromatic carbocycles. The number of hydrogen-bond acceptors (Lipinski definition) is 6. The Morgan fingerprint density at radius 3 is 2.00 bits per heavy atom. The van der Waals surface area contributed by atoms with Crippen LogP contribution in [-0.4, -0.2) is 37.7 Å². The van der Waals surface area contributed by atoms with E-state index in [0.717, 1.165) is 21.9 Å². The van der Waals surface area contributed by atoms with Gasteiger partial charge in [0.1, 0.15) is 0 Å². The fourth-order valence-corrected chi connectivity index (χ4v) is 3.02. The van der Waals surface area contributed by atoms with Gasteiger partial charge in [-0.2, -0.15) is 0 Å². The number of ketones is 2. The number of Topliss-reactive ketones (excluding diaryl/α,β-unsaturated/α-hetero) is 2. The Hall–Kier alpha value is -3.80. The molecule has 0 fully saturated rings. The average molecular weight is 376 g/mol. The number of carbonyl (C=O) groups is 4. The lowest BCUT2D eigenvalue weighted by Gasteiger charge is -2.11. The predicted octanol–water partition coefficient (Wildman–Crippen LogP) is 3.22. The summed E-state index contributed by atoms with van der Waals surface area (Å²) in [6, 6.07) is 17.9. The molecule has 0 aliphatic rings. The van der Waals surface area contributed by atoms with E-state index < -0.39 is 0 Å². The summed E-state index contributed by atoms with van der Waals surface area (Å²) >= 11 is 0. The molecule has 140 valence electrons. The summed E-state index contributed by atoms with van der Waals surface area (Å²) in [5.74, 6) is -0.578. The molecule has 0 spiro atoms. The first-order chi connectivity index (χ1) is 13.7. The van der Waals surface area contributed by atoms with E-state index >= 15 is 0 Å². The summed E-state index contributed by atoms with van der Waals surface area (Å²) in [5, 5.41) is 1.61. The summed E-state index contributed by atoms with van der Waals surface area (Å²) in [7, 11) is 0. The highest BCUT2D eigenvalue weighted by molar-refractivity contribution is 6.12. The van der Waals surface area contributed by atoms with E-state index in [1.807, 2.05) is 24.3 Å². The van der Waals surface area contributed by atoms with Gasteiger partial charge in [0.15, 0.2) is 19.0 Å². The van der Waals surface area contributed by atoms with Crippen LogP contribution in [0.4, 0.5) is 0 Å². The number of benzene rings is 3. The second-order valence-corrected chi connectivity index (χ2v) is 5.94. The zero-order chi connectivity index (χ0) is 19.9. The largest absolute Gasteiger partial charge is 0.459 e. The predicted molar refractivity (Wildman–Crippen MR) is 102 cm³/mol. The van der Waals surface area contributed by atoms with Crippen LogP contribution < -0.4 is 0 Å². The van der Waals surface area contributed by atoms with Crippen molar-refractivity contribution in [1.29, 1.82) is 0 Å². The summed E-state index contributed by atoms with van der Waals surface area (Å²) in [5.41, 5.74) is 2.67. The molecule has 0 saturated carbocycles. The lowest BCUT2D eigenvalue weighted by Crippen LogP contribution is -2.08. The highest BCUT2D eigenvalue weighted by atomic mass is 16.5. The third-order valence-electron chi connectivity index (χ3n) is 4.31. The van der Waals surface area contributed by atoms with Crippen LogP contribution in [0, 0.1) is 0 Å². The normalized spacial score (nSPS) is 10.3. The van der Waals surface area contributed by atoms with Crippen molar-refractivity contribution in [3.05, 3.63) is 71.8 Å². The Kier molecular flexibility index (Phi) is 5.91. The highest BCUT2D eigenvalue weighted by Gasteiger charge is 2.13. The highest BCUT2D eigenvalue weighted by Crippen LogP contribution is 2.31. The maximum atomic E-state index is 12.3. The summed E-state index contributed by atoms with van der Waals surface area (Å²) in [4.78, 5) is 44.8. The first-order valence-corrected chi connectivity index (χ1v) is 8.44. The van der Waals surface area contributed by atoms with Gasteiger partial charge in [-0.25, -0.2) is 0 Å². The minimum atomic E-state index is -0.313. The molecule has 0 unspecified atom stereocenters. The first kappa shape index (κ1) is 19.0. The Morgan fingerprint density at radius 1 is 0.714 bits per heavy atom. The number of carbonyl (C=O) groups excluding carboxylic acids is 4. The number of rotatable bonds is 9. The lowest BCUT2D eigenvalue weighted by atomic mass is 9.94. The second kappa shape index (κ2) is 8.73. The first-order valence-electron chi connectivity index (χ1n) is 8.44. The summed E-state index contributed by atoms with van der Waals surface area (Å²) < 4.78 is 9.07. The van der Waals surface area contributed by atoms with Crippen LogP contribution >= 0.6 is 0 Å². The van der Waals surface area contributed by atoms with Gasteiger partial charge in [0.2, 0.25) is 5.78 Å². The lowest BCUT2D eigenvalue weighted by molar-refractivity contribution is -0.128. The van der Waals surface area contributed by atoms with Crippen LogP contribution in [0.1, 0.15) is 20.7 Å². The Labute approximate surface area is 160 Å². The summed E-state index contributed by atoms with van der Waals surface area (Å²) in [6.07, 6.45) is 0. The van der Waals surface area contributed by atoms with E-state index in [9.17, 15) is 19.2 Å². The molecule has 28 heavy (non-hydrogen) atoms. The molecule has 0 saturated heterocycles. The van der Waals surface area contributed by atoms with Crippen LogP contribution in [0.15, 0.2) is 60.7 Å². The Morgan fingerprint density at radius 2 is 1.32 bits per heavy atom. The van der Waals surface area contributed by atoms with Gasteiger partial charge in [-0.1, -0.05) is 60.7 Å². The van der Waals surface area contributed by atoms with Crippen molar-refractivity contribution in [2.75, 3.05) is 13.2 Å². The van der Waals surface area contributed by atoms with Gasteiger partial charge in [-0.15, -0.1) is 0 Å². The minimum absolute atomic E-state index is 0.237. The van der Waals surface area contributed by atoms with Gasteiger partial charge >= 0.3 is 0 Å². The van der Waals surface area contributed by atoms with Gasteiger partial charge < -0.3 is 9.47 Å². The standard InChI is InChI=1S/C22H16O6/c23-13-27-11-21(25)16-9-7-15(8-10-16)17-3-1-5-19-18(17)4-2-6-20(19)22(26)12-28-14-24/h1-10,13-14H,11-12H2. The molecule has 6 heteroatoms. The van der Waals surface area contributed by atoms with E-state index in [1.165, 1.54) is 0 Å². The zero-order valence-corrected chi connectivity index (χ0v) is 14.8. The van der Waals surface area contributed by atoms with E-state index in [0.29, 0.717) is 11.1 Å². The topological polar surface area (TPSA) is 86.7 Å². The van der Waals surface area contributed by atoms with Crippen molar-refractivity contribution < 1.29 is 28.7 Å². The van der Waals surface area contributed by atoms with Gasteiger partial charge in [-0.3, -0.25) is 19.2 Å². The molecule has 0 atom stereocenters. The van der Waals surface area contributed by atoms with Crippen LogP contribution in [0.25, 0.3) is 21.9 Å². The Balaban J connectivity index is 1.97. The number of ether oxygens (including phenoxy) is 2. The van der Waals surface area contributed by atoms with E-state index in [2.05, 4.69) is 9.47 Å². The molecule has 0 heterocycles. The van der Waals surface area contributed by atoms with Crippen molar-refractivity contribution in [1.82, 2.24) is 0 Å². The third-order valence-corrected chi connectivity index (χ3v) is 4.31. The molecule has 0 aliphatic heterocycles. The smallest absolute Gasteiger partial charge is 0.293 e. The second-order valence-electron chi connectivity index (χ2n) is 5.94. The van der Waals surface area contributed by atoms with Crippen LogP contribution in [0.5, 0.6) is 0 Å². The minimum Gasteiger partial charge on any atom is -0.459 e. The number of fused-ring (bicyclic) bond motifs is 1. The van der Waals surface area contributed by atoms with Gasteiger partial charge in [-0.05, 0) is 21.9 Å². The fraction of sp³-hybridized carbons (Fsp3) is 0.0909. The van der Waals surface area contributed by atoms with Crippen molar-refractivity contribution in [2.24, 2.45) is 0 Å². The quantitative estimate of drug-likeness (QED) is 0.421. The van der Waals surface area contributed by atoms with Crippen LogP contribution in [0.2, 0.25) is 0 Å². The van der Waals surface area contributed by atoms with Gasteiger partial charge in [0.05, 0.1) is 0 Å². The van der Waals surface area contributed by atoms with Crippen LogP contribution in [-0.2, 0) is 19.1 Å². The SMILES string of the molecule is O=COCC(=O)c1ccc(-c2cccc3c(C(=O)COC=O)cccc23)cc1. The van der Waals surface area contributed by atoms with Crippen molar-refractivity contribution >= 4 is 35.3 Å². The molecule has 0 N–H and O–H groups in total. The molecule has 0 aromatic heterocycles. The molecule has 3 aromatic rings. The molecule has 0 aliphatic carbocycles. The van der Waals surface area contributed by atoms with Crippen molar-refractivity contribution in [3.63, 3.8) is 0 Å². The van der Waals surface area contributed by atoms with Gasteiger partial charge in [0.25, 0.3) is 12.9 Å². The maximum Gasteiger partial charge on any atom is 0.293 e. The zero-order valence-electron chi connectivity index (χ0n) is 14.8. The van der Waals surface area contributed by atoms with Gasteiger partial charge in [0, 0.05) is 11.1 Å². The van der Waals surface area contributed by atoms with E-state index in [4.69, 9.17) is 0 Å². The molecule has 0 amide bonds. The maximum absolute atomic E-state index is 12.3. The molecular weight excluding hydrogens is 360 g/mol.